The molecule has 0 radical (unpaired) electrons. The summed E-state index contributed by atoms with van der Waals surface area (Å²) in [4.78, 5) is 0. The Hall–Kier alpha value is -0.560. The lowest BCUT2D eigenvalue weighted by molar-refractivity contribution is 0.242. The van der Waals surface area contributed by atoms with E-state index in [1.165, 1.54) is 22.3 Å². The second-order valence-electron chi connectivity index (χ2n) is 3.82. The molecule has 0 atom stereocenters. The van der Waals surface area contributed by atoms with Crippen LogP contribution in [-0.2, 0) is 0 Å². The molecule has 14 heavy (non-hydrogen) atoms. The first-order valence-electron chi connectivity index (χ1n) is 5.83. The maximum absolute atomic E-state index is 10.1. The molecular formula is C13H22O. The van der Waals surface area contributed by atoms with Gasteiger partial charge in [-0.05, 0) is 48.0 Å². The van der Waals surface area contributed by atoms with E-state index in [1.54, 1.807) is 0 Å². The number of rotatable bonds is 4. The summed E-state index contributed by atoms with van der Waals surface area (Å²) >= 11 is 0. The molecule has 1 rings (SSSR count). The van der Waals surface area contributed by atoms with Gasteiger partial charge in [-0.3, -0.25) is 0 Å². The van der Waals surface area contributed by atoms with Gasteiger partial charge in [0.25, 0.3) is 0 Å². The molecule has 1 heteroatoms. The zero-order chi connectivity index (χ0) is 10.7. The average Bonchev–Trinajstić information content (AvgIpc) is 2.48. The van der Waals surface area contributed by atoms with Gasteiger partial charge >= 0.3 is 0 Å². The van der Waals surface area contributed by atoms with Gasteiger partial charge in [0.2, 0.25) is 0 Å². The van der Waals surface area contributed by atoms with Gasteiger partial charge in [0, 0.05) is 0 Å². The van der Waals surface area contributed by atoms with Crippen LogP contribution in [0.25, 0.3) is 0 Å². The molecule has 80 valence electrons. The van der Waals surface area contributed by atoms with Crippen LogP contribution in [0.3, 0.4) is 0 Å². The van der Waals surface area contributed by atoms with Crippen LogP contribution in [0, 0.1) is 0 Å². The molecule has 1 nitrogen and oxygen atoms in total. The molecule has 0 aliphatic heterocycles. The van der Waals surface area contributed by atoms with Crippen LogP contribution in [0.4, 0.5) is 0 Å². The highest BCUT2D eigenvalue weighted by Crippen LogP contribution is 2.38. The van der Waals surface area contributed by atoms with Gasteiger partial charge in [0.15, 0.2) is 0 Å². The maximum Gasteiger partial charge on any atom is 0.0972 e. The Labute approximate surface area is 87.5 Å². The zero-order valence-electron chi connectivity index (χ0n) is 9.85. The lowest BCUT2D eigenvalue weighted by Gasteiger charge is -2.10. The van der Waals surface area contributed by atoms with E-state index in [-0.39, 0.29) is 6.10 Å². The van der Waals surface area contributed by atoms with E-state index in [2.05, 4.69) is 27.7 Å². The highest BCUT2D eigenvalue weighted by atomic mass is 16.3. The molecule has 0 saturated carbocycles. The number of aliphatic hydroxyl groups excluding tert-OH is 1. The monoisotopic (exact) mass is 194 g/mol. The van der Waals surface area contributed by atoms with Crippen LogP contribution < -0.4 is 0 Å². The Morgan fingerprint density at radius 1 is 0.786 bits per heavy atom. The Bertz CT molecular complexity index is 243. The van der Waals surface area contributed by atoms with E-state index in [9.17, 15) is 5.11 Å². The normalized spacial score (nSPS) is 18.6. The molecule has 0 heterocycles. The van der Waals surface area contributed by atoms with Crippen molar-refractivity contribution in [3.05, 3.63) is 22.3 Å². The highest BCUT2D eigenvalue weighted by molar-refractivity contribution is 5.50. The summed E-state index contributed by atoms with van der Waals surface area (Å²) in [5.74, 6) is 0. The molecule has 1 N–H and O–H groups in total. The second-order valence-corrected chi connectivity index (χ2v) is 3.82. The van der Waals surface area contributed by atoms with Gasteiger partial charge in [-0.2, -0.15) is 0 Å². The van der Waals surface area contributed by atoms with Crippen LogP contribution in [-0.4, -0.2) is 11.2 Å². The molecule has 0 fully saturated rings. The Kier molecular flexibility index (Phi) is 3.94. The standard InChI is InChI=1S/C13H22O/c1-5-9-10(6-2)12(8-4)13(14)11(9)7-3/h13-14H,5-8H2,1-4H3. The first kappa shape index (κ1) is 11.5. The predicted molar refractivity (Wildman–Crippen MR) is 61.2 cm³/mol. The molecule has 1 aliphatic rings. The summed E-state index contributed by atoms with van der Waals surface area (Å²) in [5, 5.41) is 10.1. The zero-order valence-corrected chi connectivity index (χ0v) is 9.85. The van der Waals surface area contributed by atoms with Crippen molar-refractivity contribution in [2.24, 2.45) is 0 Å². The molecule has 0 saturated heterocycles. The fourth-order valence-corrected chi connectivity index (χ4v) is 2.62. The van der Waals surface area contributed by atoms with Gasteiger partial charge in [-0.15, -0.1) is 0 Å². The summed E-state index contributed by atoms with van der Waals surface area (Å²) in [7, 11) is 0. The van der Waals surface area contributed by atoms with E-state index in [1.807, 2.05) is 0 Å². The lowest BCUT2D eigenvalue weighted by Crippen LogP contribution is -2.09. The molecule has 0 aromatic rings. The minimum Gasteiger partial charge on any atom is -0.384 e. The Morgan fingerprint density at radius 3 is 1.36 bits per heavy atom. The van der Waals surface area contributed by atoms with Crippen molar-refractivity contribution in [3.63, 3.8) is 0 Å². The van der Waals surface area contributed by atoms with E-state index in [0.717, 1.165) is 25.7 Å². The molecule has 0 unspecified atom stereocenters. The minimum absolute atomic E-state index is 0.269. The van der Waals surface area contributed by atoms with E-state index >= 15 is 0 Å². The number of hydrogen-bond donors (Lipinski definition) is 1. The van der Waals surface area contributed by atoms with Crippen LogP contribution >= 0.6 is 0 Å². The predicted octanol–water partition coefficient (Wildman–Crippen LogP) is 3.59. The Balaban J connectivity index is 3.13. The highest BCUT2D eigenvalue weighted by Gasteiger charge is 2.27. The summed E-state index contributed by atoms with van der Waals surface area (Å²) in [6.07, 6.45) is 3.82. The second kappa shape index (κ2) is 4.79. The van der Waals surface area contributed by atoms with E-state index in [0.29, 0.717) is 0 Å². The smallest absolute Gasteiger partial charge is 0.0972 e. The molecule has 1 aliphatic carbocycles. The summed E-state index contributed by atoms with van der Waals surface area (Å²) < 4.78 is 0. The van der Waals surface area contributed by atoms with Crippen molar-refractivity contribution in [1.82, 2.24) is 0 Å². The fraction of sp³-hybridized carbons (Fsp3) is 0.692. The quantitative estimate of drug-likeness (QED) is 0.725. The van der Waals surface area contributed by atoms with Crippen molar-refractivity contribution in [3.8, 4) is 0 Å². The van der Waals surface area contributed by atoms with Gasteiger partial charge < -0.3 is 5.11 Å². The van der Waals surface area contributed by atoms with E-state index in [4.69, 9.17) is 0 Å². The van der Waals surface area contributed by atoms with Gasteiger partial charge in [-0.25, -0.2) is 0 Å². The SMILES string of the molecule is CCC1=C(CC)C(O)C(CC)=C1CC. The van der Waals surface area contributed by atoms with Crippen LogP contribution in [0.5, 0.6) is 0 Å². The van der Waals surface area contributed by atoms with Crippen LogP contribution in [0.1, 0.15) is 53.4 Å². The molecule has 0 bridgehead atoms. The summed E-state index contributed by atoms with van der Waals surface area (Å²) in [6, 6.07) is 0. The maximum atomic E-state index is 10.1. The lowest BCUT2D eigenvalue weighted by atomic mass is 9.99. The van der Waals surface area contributed by atoms with Crippen molar-refractivity contribution in [1.29, 1.82) is 0 Å². The van der Waals surface area contributed by atoms with Crippen molar-refractivity contribution >= 4 is 0 Å². The van der Waals surface area contributed by atoms with Gasteiger partial charge in [0.05, 0.1) is 6.10 Å². The third-order valence-electron chi connectivity index (χ3n) is 3.27. The van der Waals surface area contributed by atoms with Crippen LogP contribution in [0.2, 0.25) is 0 Å². The van der Waals surface area contributed by atoms with Gasteiger partial charge in [-0.1, -0.05) is 27.7 Å². The van der Waals surface area contributed by atoms with Crippen LogP contribution in [0.15, 0.2) is 22.3 Å². The van der Waals surface area contributed by atoms with Crippen molar-refractivity contribution in [2.75, 3.05) is 0 Å². The molecule has 0 aromatic heterocycles. The number of hydrogen-bond acceptors (Lipinski definition) is 1. The minimum atomic E-state index is -0.269. The average molecular weight is 194 g/mol. The Morgan fingerprint density at radius 2 is 1.14 bits per heavy atom. The first-order valence-corrected chi connectivity index (χ1v) is 5.83. The topological polar surface area (TPSA) is 20.2 Å². The molecule has 0 amide bonds. The molecule has 0 aromatic carbocycles. The summed E-state index contributed by atoms with van der Waals surface area (Å²) in [6.45, 7) is 8.65. The first-order chi connectivity index (χ1) is 6.71. The van der Waals surface area contributed by atoms with Gasteiger partial charge in [0.1, 0.15) is 0 Å². The number of allylic oxidation sites excluding steroid dienone is 2. The van der Waals surface area contributed by atoms with Crippen molar-refractivity contribution in [2.45, 2.75) is 59.5 Å². The third kappa shape index (κ3) is 1.66. The van der Waals surface area contributed by atoms with E-state index < -0.39 is 0 Å². The molecule has 0 spiro atoms. The fourth-order valence-electron chi connectivity index (χ4n) is 2.62. The largest absolute Gasteiger partial charge is 0.384 e. The third-order valence-corrected chi connectivity index (χ3v) is 3.27. The molecular weight excluding hydrogens is 172 g/mol. The summed E-state index contributed by atoms with van der Waals surface area (Å²) in [5.41, 5.74) is 5.39. The van der Waals surface area contributed by atoms with Crippen molar-refractivity contribution < 1.29 is 5.11 Å². The number of aliphatic hydroxyl groups is 1.